The molecule has 29 heavy (non-hydrogen) atoms. The number of carbonyl (C=O) groups is 3. The molecule has 1 aliphatic heterocycles. The average Bonchev–Trinajstić information content (AvgIpc) is 3.11. The summed E-state index contributed by atoms with van der Waals surface area (Å²) in [5.41, 5.74) is 0.598. The Morgan fingerprint density at radius 2 is 1.76 bits per heavy atom. The number of Topliss-reactive ketones (excluding diaryl/α,β-unsaturated/α-hetero) is 1. The third-order valence-corrected chi connectivity index (χ3v) is 7.83. The van der Waals surface area contributed by atoms with Gasteiger partial charge in [-0.3, -0.25) is 9.59 Å². The summed E-state index contributed by atoms with van der Waals surface area (Å²) in [6.45, 7) is 0.438. The van der Waals surface area contributed by atoms with Crippen molar-refractivity contribution >= 4 is 34.9 Å². The highest BCUT2D eigenvalue weighted by Gasteiger charge is 2.54. The van der Waals surface area contributed by atoms with Gasteiger partial charge in [0.2, 0.25) is 5.91 Å². The van der Waals surface area contributed by atoms with Gasteiger partial charge in [0, 0.05) is 18.4 Å². The SMILES string of the molecule is O=C(OCC(=O)C12CC3CC(CC(C3)C1)C2)c1ccc(Cl)c(N2CCCC2=O)c1. The minimum absolute atomic E-state index is 0.00871. The monoisotopic (exact) mass is 415 g/mol. The lowest BCUT2D eigenvalue weighted by molar-refractivity contribution is -0.147. The van der Waals surface area contributed by atoms with Gasteiger partial charge in [0.15, 0.2) is 12.4 Å². The van der Waals surface area contributed by atoms with Gasteiger partial charge in [-0.25, -0.2) is 4.79 Å². The number of esters is 1. The Kier molecular flexibility index (Phi) is 4.69. The molecule has 154 valence electrons. The van der Waals surface area contributed by atoms with Crippen LogP contribution in [0.4, 0.5) is 5.69 Å². The highest BCUT2D eigenvalue weighted by molar-refractivity contribution is 6.34. The molecular formula is C23H26ClNO4. The van der Waals surface area contributed by atoms with Gasteiger partial charge < -0.3 is 9.64 Å². The van der Waals surface area contributed by atoms with Gasteiger partial charge in [0.25, 0.3) is 0 Å². The minimum atomic E-state index is -0.535. The molecule has 5 aliphatic rings. The van der Waals surface area contributed by atoms with Crippen molar-refractivity contribution in [2.24, 2.45) is 23.2 Å². The quantitative estimate of drug-likeness (QED) is 0.668. The first-order valence-corrected chi connectivity index (χ1v) is 11.1. The standard InChI is InChI=1S/C23H26ClNO4/c24-18-4-3-17(9-19(18)25-5-1-2-21(25)27)22(28)29-13-20(26)23-10-14-6-15(11-23)8-16(7-14)12-23/h3-4,9,14-16H,1-2,5-8,10-13H2. The zero-order valence-corrected chi connectivity index (χ0v) is 17.2. The van der Waals surface area contributed by atoms with E-state index in [-0.39, 0.29) is 23.7 Å². The largest absolute Gasteiger partial charge is 0.454 e. The van der Waals surface area contributed by atoms with Crippen LogP contribution in [0.1, 0.15) is 61.7 Å². The fourth-order valence-electron chi connectivity index (χ4n) is 6.57. The average molecular weight is 416 g/mol. The lowest BCUT2D eigenvalue weighted by Gasteiger charge is -2.55. The summed E-state index contributed by atoms with van der Waals surface area (Å²) in [4.78, 5) is 39.3. The van der Waals surface area contributed by atoms with E-state index in [4.69, 9.17) is 16.3 Å². The number of hydrogen-bond acceptors (Lipinski definition) is 4. The van der Waals surface area contributed by atoms with Crippen LogP contribution in [0.3, 0.4) is 0 Å². The van der Waals surface area contributed by atoms with Crippen LogP contribution in [-0.4, -0.2) is 30.8 Å². The number of carbonyl (C=O) groups excluding carboxylic acids is 3. The Morgan fingerprint density at radius 1 is 1.10 bits per heavy atom. The van der Waals surface area contributed by atoms with Gasteiger partial charge >= 0.3 is 5.97 Å². The van der Waals surface area contributed by atoms with E-state index in [9.17, 15) is 14.4 Å². The summed E-state index contributed by atoms with van der Waals surface area (Å²) in [6, 6.07) is 4.80. The second-order valence-corrected chi connectivity index (χ2v) is 9.92. The number of anilines is 1. The third kappa shape index (κ3) is 3.37. The first-order chi connectivity index (χ1) is 13.9. The molecule has 1 saturated heterocycles. The van der Waals surface area contributed by atoms with Crippen molar-refractivity contribution in [3.05, 3.63) is 28.8 Å². The summed E-state index contributed by atoms with van der Waals surface area (Å²) < 4.78 is 5.43. The minimum Gasteiger partial charge on any atom is -0.454 e. The summed E-state index contributed by atoms with van der Waals surface area (Å²) in [6.07, 6.45) is 8.00. The predicted molar refractivity (Wildman–Crippen MR) is 109 cm³/mol. The third-order valence-electron chi connectivity index (χ3n) is 7.51. The first-order valence-electron chi connectivity index (χ1n) is 10.7. The Labute approximate surface area is 175 Å². The summed E-state index contributed by atoms with van der Waals surface area (Å²) in [5, 5.41) is 0.432. The van der Waals surface area contributed by atoms with E-state index in [0.717, 1.165) is 25.7 Å². The molecule has 6 rings (SSSR count). The fraction of sp³-hybridized carbons (Fsp3) is 0.609. The van der Waals surface area contributed by atoms with E-state index in [1.165, 1.54) is 19.3 Å². The molecule has 1 amide bonds. The number of ether oxygens (including phenoxy) is 1. The molecule has 4 aliphatic carbocycles. The van der Waals surface area contributed by atoms with Crippen LogP contribution in [0, 0.1) is 23.2 Å². The van der Waals surface area contributed by atoms with Crippen molar-refractivity contribution in [3.8, 4) is 0 Å². The van der Waals surface area contributed by atoms with Gasteiger partial charge in [0.1, 0.15) is 0 Å². The predicted octanol–water partition coefficient (Wildman–Crippen LogP) is 4.41. The van der Waals surface area contributed by atoms with Crippen molar-refractivity contribution in [2.45, 2.75) is 51.4 Å². The molecule has 0 radical (unpaired) electrons. The molecule has 4 bridgehead atoms. The number of halogens is 1. The van der Waals surface area contributed by atoms with Gasteiger partial charge in [-0.1, -0.05) is 11.6 Å². The summed E-state index contributed by atoms with van der Waals surface area (Å²) >= 11 is 6.25. The van der Waals surface area contributed by atoms with E-state index in [1.807, 2.05) is 0 Å². The van der Waals surface area contributed by atoms with Crippen molar-refractivity contribution in [3.63, 3.8) is 0 Å². The zero-order valence-electron chi connectivity index (χ0n) is 16.5. The van der Waals surface area contributed by atoms with Crippen molar-refractivity contribution < 1.29 is 19.1 Å². The first kappa shape index (κ1) is 19.1. The summed E-state index contributed by atoms with van der Waals surface area (Å²) in [5.74, 6) is 1.60. The van der Waals surface area contributed by atoms with Crippen LogP contribution in [0.25, 0.3) is 0 Å². The molecule has 0 spiro atoms. The number of nitrogens with zero attached hydrogens (tertiary/aromatic N) is 1. The van der Waals surface area contributed by atoms with Gasteiger partial charge in [-0.15, -0.1) is 0 Å². The number of benzene rings is 1. The van der Waals surface area contributed by atoms with Gasteiger partial charge in [-0.05, 0) is 80.9 Å². The van der Waals surface area contributed by atoms with E-state index in [2.05, 4.69) is 0 Å². The van der Waals surface area contributed by atoms with Crippen molar-refractivity contribution in [2.75, 3.05) is 18.1 Å². The van der Waals surface area contributed by atoms with Crippen LogP contribution >= 0.6 is 11.6 Å². The van der Waals surface area contributed by atoms with Crippen molar-refractivity contribution in [1.29, 1.82) is 0 Å². The van der Waals surface area contributed by atoms with Gasteiger partial charge in [-0.2, -0.15) is 0 Å². The van der Waals surface area contributed by atoms with Crippen LogP contribution in [0.2, 0.25) is 5.02 Å². The molecule has 0 N–H and O–H groups in total. The van der Waals surface area contributed by atoms with Crippen LogP contribution in [-0.2, 0) is 14.3 Å². The maximum atomic E-state index is 13.1. The molecule has 0 atom stereocenters. The van der Waals surface area contributed by atoms with Crippen LogP contribution < -0.4 is 4.90 Å². The number of hydrogen-bond donors (Lipinski definition) is 0. The number of amides is 1. The second-order valence-electron chi connectivity index (χ2n) is 9.51. The van der Waals surface area contributed by atoms with E-state index in [0.29, 0.717) is 47.0 Å². The van der Waals surface area contributed by atoms with E-state index >= 15 is 0 Å². The Morgan fingerprint density at radius 3 is 2.34 bits per heavy atom. The maximum Gasteiger partial charge on any atom is 0.338 e. The highest BCUT2D eigenvalue weighted by atomic mass is 35.5. The second kappa shape index (κ2) is 7.12. The van der Waals surface area contributed by atoms with E-state index < -0.39 is 5.97 Å². The normalized spacial score (nSPS) is 32.7. The number of rotatable bonds is 5. The lowest BCUT2D eigenvalue weighted by atomic mass is 9.48. The Balaban J connectivity index is 1.26. The lowest BCUT2D eigenvalue weighted by Crippen LogP contribution is -2.51. The smallest absolute Gasteiger partial charge is 0.338 e. The molecule has 4 saturated carbocycles. The molecule has 1 aromatic rings. The number of ketones is 1. The Bertz CT molecular complexity index is 844. The van der Waals surface area contributed by atoms with Crippen LogP contribution in [0.5, 0.6) is 0 Å². The van der Waals surface area contributed by atoms with E-state index in [1.54, 1.807) is 23.1 Å². The topological polar surface area (TPSA) is 63.7 Å². The molecule has 0 unspecified atom stereocenters. The van der Waals surface area contributed by atoms with Crippen molar-refractivity contribution in [1.82, 2.24) is 0 Å². The molecule has 6 heteroatoms. The highest BCUT2D eigenvalue weighted by Crippen LogP contribution is 2.60. The molecular weight excluding hydrogens is 390 g/mol. The molecule has 5 fully saturated rings. The Hall–Kier alpha value is -1.88. The zero-order chi connectivity index (χ0) is 20.2. The molecule has 1 heterocycles. The summed E-state index contributed by atoms with van der Waals surface area (Å²) in [7, 11) is 0. The molecule has 1 aromatic carbocycles. The molecule has 0 aromatic heterocycles. The molecule has 5 nitrogen and oxygen atoms in total. The van der Waals surface area contributed by atoms with Gasteiger partial charge in [0.05, 0.1) is 16.3 Å². The maximum absolute atomic E-state index is 13.1. The fourth-order valence-corrected chi connectivity index (χ4v) is 6.79. The van der Waals surface area contributed by atoms with Crippen LogP contribution in [0.15, 0.2) is 18.2 Å².